The first kappa shape index (κ1) is 27.0. The van der Waals surface area contributed by atoms with Crippen LogP contribution in [0.4, 0.5) is 26.1 Å². The van der Waals surface area contributed by atoms with E-state index in [-0.39, 0.29) is 19.1 Å². The number of carbonyl (C=O) groups is 2. The summed E-state index contributed by atoms with van der Waals surface area (Å²) >= 11 is 0. The lowest BCUT2D eigenvalue weighted by Crippen LogP contribution is -2.66. The van der Waals surface area contributed by atoms with E-state index in [0.29, 0.717) is 36.2 Å². The number of piperidine rings is 1. The molecule has 2 amide bonds. The Bertz CT molecular complexity index is 1270. The number of pyridine rings is 2. The lowest BCUT2D eigenvalue weighted by molar-refractivity contribution is -0.700. The van der Waals surface area contributed by atoms with Crippen LogP contribution in [0.2, 0.25) is 0 Å². The van der Waals surface area contributed by atoms with Gasteiger partial charge in [-0.2, -0.15) is 0 Å². The number of rotatable bonds is 8. The third-order valence-corrected chi connectivity index (χ3v) is 7.15. The Morgan fingerprint density at radius 1 is 1.28 bits per heavy atom. The van der Waals surface area contributed by atoms with Crippen molar-refractivity contribution in [2.24, 2.45) is 17.4 Å². The van der Waals surface area contributed by atoms with E-state index >= 15 is 0 Å². The molecule has 0 spiro atoms. The molecular weight excluding hydrogens is 514 g/mol. The van der Waals surface area contributed by atoms with Gasteiger partial charge in [0.05, 0.1) is 25.3 Å². The fourth-order valence-corrected chi connectivity index (χ4v) is 5.68. The number of amides is 2. The molecule has 2 aromatic rings. The lowest BCUT2D eigenvalue weighted by Gasteiger charge is -2.48. The highest BCUT2D eigenvalue weighted by Crippen LogP contribution is 2.44. The Labute approximate surface area is 224 Å². The quantitative estimate of drug-likeness (QED) is 0.471. The van der Waals surface area contributed by atoms with Crippen molar-refractivity contribution in [3.05, 3.63) is 36.7 Å². The molecule has 2 bridgehead atoms. The van der Waals surface area contributed by atoms with Crippen LogP contribution in [-0.4, -0.2) is 66.5 Å². The summed E-state index contributed by atoms with van der Waals surface area (Å²) in [5, 5.41) is 0. The number of fused-ring (bicyclic) bond motifs is 4. The van der Waals surface area contributed by atoms with Gasteiger partial charge < -0.3 is 30.6 Å². The maximum Gasteiger partial charge on any atom is 0.307 e. The SMILES string of the molecule is CC(F)(F)C[n+]1cccc2c1N(c1cc(OC[C@H]3COC(C)(C)O3)ccn1)[C@H]1CC(C(N)=O)C(C(N)=O)N2C1. The predicted octanol–water partition coefficient (Wildman–Crippen LogP) is 1.24. The molecule has 0 radical (unpaired) electrons. The van der Waals surface area contributed by atoms with Crippen LogP contribution in [0.25, 0.3) is 0 Å². The topological polar surface area (TPSA) is 137 Å². The van der Waals surface area contributed by atoms with Crippen LogP contribution < -0.4 is 30.6 Å². The fourth-order valence-electron chi connectivity index (χ4n) is 5.68. The van der Waals surface area contributed by atoms with E-state index in [1.165, 1.54) is 4.57 Å². The first-order chi connectivity index (χ1) is 18.3. The summed E-state index contributed by atoms with van der Waals surface area (Å²) in [6.07, 6.45) is 3.05. The zero-order valence-electron chi connectivity index (χ0n) is 22.0. The highest BCUT2D eigenvalue weighted by molar-refractivity contribution is 5.93. The summed E-state index contributed by atoms with van der Waals surface area (Å²) < 4.78 is 47.4. The van der Waals surface area contributed by atoms with Gasteiger partial charge in [0.15, 0.2) is 12.3 Å². The predicted molar refractivity (Wildman–Crippen MR) is 135 cm³/mol. The number of hydrogen-bond acceptors (Lipinski definition) is 8. The minimum Gasteiger partial charge on any atom is -0.491 e. The average molecular weight is 548 g/mol. The van der Waals surface area contributed by atoms with Gasteiger partial charge in [-0.25, -0.2) is 23.2 Å². The van der Waals surface area contributed by atoms with Crippen LogP contribution in [0.15, 0.2) is 36.7 Å². The van der Waals surface area contributed by atoms with Crippen LogP contribution in [-0.2, 0) is 25.6 Å². The van der Waals surface area contributed by atoms with E-state index in [1.54, 1.807) is 41.6 Å². The Balaban J connectivity index is 1.55. The molecule has 0 saturated carbocycles. The van der Waals surface area contributed by atoms with Crippen molar-refractivity contribution in [2.75, 3.05) is 29.6 Å². The number of anilines is 3. The van der Waals surface area contributed by atoms with E-state index in [1.807, 2.05) is 18.7 Å². The van der Waals surface area contributed by atoms with Gasteiger partial charge in [-0.05, 0) is 32.0 Å². The minimum atomic E-state index is -3.03. The van der Waals surface area contributed by atoms with Gasteiger partial charge in [0.25, 0.3) is 5.92 Å². The Morgan fingerprint density at radius 2 is 2.05 bits per heavy atom. The molecule has 39 heavy (non-hydrogen) atoms. The molecule has 4 atom stereocenters. The van der Waals surface area contributed by atoms with Gasteiger partial charge in [0.2, 0.25) is 17.6 Å². The zero-order valence-corrected chi connectivity index (χ0v) is 22.0. The van der Waals surface area contributed by atoms with Gasteiger partial charge in [0.1, 0.15) is 36.2 Å². The summed E-state index contributed by atoms with van der Waals surface area (Å²) in [4.78, 5) is 33.0. The van der Waals surface area contributed by atoms with Crippen LogP contribution in [0, 0.1) is 5.92 Å². The second-order valence-electron chi connectivity index (χ2n) is 10.8. The summed E-state index contributed by atoms with van der Waals surface area (Å²) in [5.41, 5.74) is 11.9. The van der Waals surface area contributed by atoms with Crippen LogP contribution >= 0.6 is 0 Å². The van der Waals surface area contributed by atoms with Gasteiger partial charge in [-0.3, -0.25) is 9.59 Å². The van der Waals surface area contributed by atoms with E-state index in [4.69, 9.17) is 25.7 Å². The van der Waals surface area contributed by atoms with Gasteiger partial charge in [0, 0.05) is 25.6 Å². The van der Waals surface area contributed by atoms with Crippen molar-refractivity contribution in [1.29, 1.82) is 0 Å². The van der Waals surface area contributed by atoms with Crippen molar-refractivity contribution in [1.82, 2.24) is 4.98 Å². The largest absolute Gasteiger partial charge is 0.491 e. The number of ether oxygens (including phenoxy) is 3. The zero-order chi connectivity index (χ0) is 28.1. The number of hydrogen-bond donors (Lipinski definition) is 2. The molecule has 3 aliphatic rings. The number of alkyl halides is 2. The van der Waals surface area contributed by atoms with Gasteiger partial charge in [-0.15, -0.1) is 0 Å². The molecule has 2 aromatic heterocycles. The third kappa shape index (κ3) is 5.46. The summed E-state index contributed by atoms with van der Waals surface area (Å²) in [7, 11) is 0. The highest BCUT2D eigenvalue weighted by atomic mass is 19.3. The molecule has 2 saturated heterocycles. The molecule has 210 valence electrons. The molecule has 5 heterocycles. The number of halogens is 2. The number of aromatic nitrogens is 2. The normalized spacial score (nSPS) is 25.8. The monoisotopic (exact) mass is 547 g/mol. The summed E-state index contributed by atoms with van der Waals surface area (Å²) in [5.74, 6) is -4.61. The molecule has 3 aliphatic heterocycles. The third-order valence-electron chi connectivity index (χ3n) is 7.15. The maximum absolute atomic E-state index is 14.3. The first-order valence-electron chi connectivity index (χ1n) is 12.8. The van der Waals surface area contributed by atoms with Crippen LogP contribution in [0.5, 0.6) is 5.75 Å². The van der Waals surface area contributed by atoms with E-state index in [9.17, 15) is 18.4 Å². The summed E-state index contributed by atoms with van der Waals surface area (Å²) in [6.45, 7) is 4.83. The van der Waals surface area contributed by atoms with Gasteiger partial charge in [-0.1, -0.05) is 0 Å². The van der Waals surface area contributed by atoms with Gasteiger partial charge >= 0.3 is 5.82 Å². The molecule has 2 unspecified atom stereocenters. The van der Waals surface area contributed by atoms with Crippen LogP contribution in [0.1, 0.15) is 27.2 Å². The smallest absolute Gasteiger partial charge is 0.307 e. The molecular formula is C26H33F2N6O5+. The van der Waals surface area contributed by atoms with Crippen LogP contribution in [0.3, 0.4) is 0 Å². The van der Waals surface area contributed by atoms with Crippen molar-refractivity contribution in [2.45, 2.75) is 63.6 Å². The minimum absolute atomic E-state index is 0.186. The van der Waals surface area contributed by atoms with E-state index in [0.717, 1.165) is 6.92 Å². The molecule has 2 fully saturated rings. The second-order valence-corrected chi connectivity index (χ2v) is 10.8. The van der Waals surface area contributed by atoms with Crippen molar-refractivity contribution < 1.29 is 37.1 Å². The summed E-state index contributed by atoms with van der Waals surface area (Å²) in [6, 6.07) is 5.31. The molecule has 13 heteroatoms. The van der Waals surface area contributed by atoms with Crippen molar-refractivity contribution >= 4 is 29.1 Å². The average Bonchev–Trinajstić information content (AvgIpc) is 3.20. The molecule has 4 N–H and O–H groups in total. The van der Waals surface area contributed by atoms with Crippen molar-refractivity contribution in [3.8, 4) is 5.75 Å². The Kier molecular flexibility index (Phi) is 6.83. The van der Waals surface area contributed by atoms with Crippen molar-refractivity contribution in [3.63, 3.8) is 0 Å². The highest BCUT2D eigenvalue weighted by Gasteiger charge is 2.53. The van der Waals surface area contributed by atoms with E-state index < -0.39 is 48.1 Å². The fraction of sp³-hybridized carbons (Fsp3) is 0.538. The second kappa shape index (κ2) is 9.87. The molecule has 0 aliphatic carbocycles. The molecule has 5 rings (SSSR count). The Hall–Kier alpha value is -3.58. The lowest BCUT2D eigenvalue weighted by atomic mass is 9.82. The number of nitrogens with two attached hydrogens (primary N) is 2. The number of primary amides is 2. The molecule has 0 aromatic carbocycles. The number of carbonyl (C=O) groups excluding carboxylic acids is 2. The Morgan fingerprint density at radius 3 is 2.69 bits per heavy atom. The maximum atomic E-state index is 14.3. The molecule has 11 nitrogen and oxygen atoms in total. The van der Waals surface area contributed by atoms with E-state index in [2.05, 4.69) is 4.98 Å². The first-order valence-corrected chi connectivity index (χ1v) is 12.8. The standard InChI is InChI=1S/C26H32F2N6O5/c1-25(2)38-13-17(39-25)12-37-16-6-7-31-20(10-16)34-15-9-18(22(29)35)21(23(30)36)33(11-15)19-5-4-8-32(24(19)34)14-26(3,27)28/h4-8,10,15,17-18,21H,9,11-14H2,1-3H3,(H3-,29,30,35,36)/p+1/t15-,17-,18?,21?/m0/s1. The number of nitrogens with zero attached hydrogens (tertiary/aromatic N) is 4.